The highest BCUT2D eigenvalue weighted by Gasteiger charge is 2.24. The van der Waals surface area contributed by atoms with Crippen LogP contribution in [-0.2, 0) is 10.0 Å². The molecule has 0 radical (unpaired) electrons. The van der Waals surface area contributed by atoms with Gasteiger partial charge in [0.25, 0.3) is 10.0 Å². The van der Waals surface area contributed by atoms with Crippen LogP contribution in [0.15, 0.2) is 47.4 Å². The van der Waals surface area contributed by atoms with Gasteiger partial charge in [0, 0.05) is 17.3 Å². The molecule has 1 aliphatic rings. The number of benzene rings is 2. The van der Waals surface area contributed by atoms with Gasteiger partial charge in [0.1, 0.15) is 6.61 Å². The van der Waals surface area contributed by atoms with Crippen LogP contribution < -0.4 is 14.8 Å². The van der Waals surface area contributed by atoms with Gasteiger partial charge in [0.05, 0.1) is 16.6 Å². The first-order valence-corrected chi connectivity index (χ1v) is 12.9. The van der Waals surface area contributed by atoms with Crippen molar-refractivity contribution in [3.05, 3.63) is 59.2 Å². The monoisotopic (exact) mass is 480 g/mol. The molecule has 4 bridgehead atoms. The summed E-state index contributed by atoms with van der Waals surface area (Å²) in [5.74, 6) is 0.312. The van der Waals surface area contributed by atoms with Crippen molar-refractivity contribution in [3.63, 3.8) is 0 Å². The number of hydrogen-bond acceptors (Lipinski definition) is 6. The molecule has 34 heavy (non-hydrogen) atoms. The van der Waals surface area contributed by atoms with Crippen molar-refractivity contribution in [3.8, 4) is 17.1 Å². The van der Waals surface area contributed by atoms with E-state index in [1.165, 1.54) is 0 Å². The Morgan fingerprint density at radius 1 is 1.03 bits per heavy atom. The number of nitrogens with zero attached hydrogens (tertiary/aromatic N) is 2. The number of nitrogens with one attached hydrogen (secondary N) is 2. The molecule has 0 unspecified atom stereocenters. The summed E-state index contributed by atoms with van der Waals surface area (Å²) in [5, 5.41) is 3.45. The van der Waals surface area contributed by atoms with Gasteiger partial charge < -0.3 is 10.1 Å². The van der Waals surface area contributed by atoms with Gasteiger partial charge in [-0.25, -0.2) is 18.1 Å². The molecule has 0 aliphatic carbocycles. The predicted molar refractivity (Wildman–Crippen MR) is 136 cm³/mol. The number of ether oxygens (including phenoxy) is 1. The van der Waals surface area contributed by atoms with E-state index in [1.807, 2.05) is 32.9 Å². The molecule has 2 aromatic carbocycles. The third kappa shape index (κ3) is 5.33. The van der Waals surface area contributed by atoms with Crippen molar-refractivity contribution in [2.24, 2.45) is 5.41 Å². The Kier molecular flexibility index (Phi) is 6.29. The van der Waals surface area contributed by atoms with Crippen molar-refractivity contribution in [1.82, 2.24) is 9.97 Å². The second kappa shape index (κ2) is 8.91. The minimum absolute atomic E-state index is 0.0147. The molecule has 1 atom stereocenters. The standard InChI is InChI=1S/C26H32N4O3S/c1-16-10-11-17(2)24(18(16)3)22-13-23-29-25(28-22)30-34(31,32)21-9-7-8-19(12-21)27-20(15-33-23)14-26(4,5)6/h7-13,20,27H,14-15H2,1-6H3,(H,28,29,30)/t20-/m1/s1. The summed E-state index contributed by atoms with van der Waals surface area (Å²) in [6, 6.07) is 12.6. The van der Waals surface area contributed by atoms with E-state index < -0.39 is 10.0 Å². The van der Waals surface area contributed by atoms with Crippen LogP contribution in [0.2, 0.25) is 0 Å². The predicted octanol–water partition coefficient (Wildman–Crippen LogP) is 5.48. The summed E-state index contributed by atoms with van der Waals surface area (Å²) in [4.78, 5) is 9.12. The minimum atomic E-state index is -3.90. The average Bonchev–Trinajstić information content (AvgIpc) is 2.73. The highest BCUT2D eigenvalue weighted by molar-refractivity contribution is 7.92. The molecule has 0 spiro atoms. The quantitative estimate of drug-likeness (QED) is 0.505. The number of hydrogen-bond donors (Lipinski definition) is 2. The molecule has 7 nitrogen and oxygen atoms in total. The van der Waals surface area contributed by atoms with Gasteiger partial charge in [0.2, 0.25) is 11.8 Å². The fourth-order valence-corrected chi connectivity index (χ4v) is 5.25. The van der Waals surface area contributed by atoms with Crippen LogP contribution >= 0.6 is 0 Å². The van der Waals surface area contributed by atoms with Gasteiger partial charge in [-0.15, -0.1) is 0 Å². The topological polar surface area (TPSA) is 93.2 Å². The summed E-state index contributed by atoms with van der Waals surface area (Å²) >= 11 is 0. The summed E-state index contributed by atoms with van der Waals surface area (Å²) in [6.45, 7) is 13.0. The maximum atomic E-state index is 13.2. The second-order valence-corrected chi connectivity index (χ2v) is 11.8. The number of sulfonamides is 1. The zero-order valence-corrected chi connectivity index (χ0v) is 21.4. The van der Waals surface area contributed by atoms with E-state index in [-0.39, 0.29) is 22.3 Å². The van der Waals surface area contributed by atoms with E-state index in [2.05, 4.69) is 46.8 Å². The Balaban J connectivity index is 1.86. The number of anilines is 2. The summed E-state index contributed by atoms with van der Waals surface area (Å²) < 4.78 is 35.0. The molecular weight excluding hydrogens is 448 g/mol. The Morgan fingerprint density at radius 2 is 1.76 bits per heavy atom. The van der Waals surface area contributed by atoms with Crippen molar-refractivity contribution >= 4 is 21.7 Å². The van der Waals surface area contributed by atoms with Gasteiger partial charge >= 0.3 is 0 Å². The molecule has 1 aromatic heterocycles. The summed E-state index contributed by atoms with van der Waals surface area (Å²) in [7, 11) is -3.90. The van der Waals surface area contributed by atoms with Crippen LogP contribution in [0.4, 0.5) is 11.6 Å². The van der Waals surface area contributed by atoms with Gasteiger partial charge in [-0.05, 0) is 67.5 Å². The fourth-order valence-electron chi connectivity index (χ4n) is 4.26. The first-order chi connectivity index (χ1) is 15.9. The molecule has 0 fully saturated rings. The Hall–Kier alpha value is -3.13. The SMILES string of the molecule is Cc1ccc(C)c(-c2cc3nc(n2)NS(=O)(=O)c2cccc(c2)N[C@H](CC(C)(C)C)CO3)c1C. The maximum Gasteiger partial charge on any atom is 0.264 e. The van der Waals surface area contributed by atoms with Crippen LogP contribution in [0.1, 0.15) is 43.9 Å². The number of fused-ring (bicyclic) bond motifs is 4. The van der Waals surface area contributed by atoms with Gasteiger partial charge in [-0.2, -0.15) is 4.98 Å². The molecule has 0 saturated heterocycles. The second-order valence-electron chi connectivity index (χ2n) is 10.2. The van der Waals surface area contributed by atoms with E-state index in [9.17, 15) is 8.42 Å². The first-order valence-electron chi connectivity index (χ1n) is 11.4. The fraction of sp³-hybridized carbons (Fsp3) is 0.385. The molecule has 0 saturated carbocycles. The molecule has 3 aromatic rings. The lowest BCUT2D eigenvalue weighted by molar-refractivity contribution is 0.244. The van der Waals surface area contributed by atoms with Crippen molar-refractivity contribution in [2.45, 2.75) is 58.9 Å². The van der Waals surface area contributed by atoms with Crippen LogP contribution in [-0.4, -0.2) is 31.0 Å². The Labute approximate surface area is 202 Å². The minimum Gasteiger partial charge on any atom is -0.475 e. The molecule has 0 amide bonds. The number of aryl methyl sites for hydroxylation is 2. The van der Waals surface area contributed by atoms with Crippen molar-refractivity contribution < 1.29 is 13.2 Å². The molecule has 8 heteroatoms. The van der Waals surface area contributed by atoms with Gasteiger partial charge in [0.15, 0.2) is 0 Å². The van der Waals surface area contributed by atoms with Crippen LogP contribution in [0.5, 0.6) is 5.88 Å². The van der Waals surface area contributed by atoms with Crippen LogP contribution in [0.3, 0.4) is 0 Å². The third-order valence-corrected chi connectivity index (χ3v) is 7.26. The van der Waals surface area contributed by atoms with E-state index in [1.54, 1.807) is 24.3 Å². The lowest BCUT2D eigenvalue weighted by Crippen LogP contribution is -2.32. The first kappa shape index (κ1) is 24.0. The largest absolute Gasteiger partial charge is 0.475 e. The third-order valence-electron chi connectivity index (χ3n) is 5.93. The number of rotatable bonds is 2. The van der Waals surface area contributed by atoms with Crippen LogP contribution in [0.25, 0.3) is 11.3 Å². The molecular formula is C26H32N4O3S. The maximum absolute atomic E-state index is 13.2. The van der Waals surface area contributed by atoms with E-state index in [0.717, 1.165) is 34.4 Å². The number of aromatic nitrogens is 2. The molecule has 4 rings (SSSR count). The molecule has 2 N–H and O–H groups in total. The van der Waals surface area contributed by atoms with E-state index in [4.69, 9.17) is 4.74 Å². The smallest absolute Gasteiger partial charge is 0.264 e. The zero-order valence-electron chi connectivity index (χ0n) is 20.6. The van der Waals surface area contributed by atoms with Gasteiger partial charge in [-0.3, -0.25) is 0 Å². The summed E-state index contributed by atoms with van der Waals surface area (Å²) in [6.07, 6.45) is 0.823. The lowest BCUT2D eigenvalue weighted by Gasteiger charge is -2.28. The van der Waals surface area contributed by atoms with Crippen LogP contribution in [0, 0.1) is 26.2 Å². The van der Waals surface area contributed by atoms with Crippen molar-refractivity contribution in [2.75, 3.05) is 16.6 Å². The van der Waals surface area contributed by atoms with E-state index >= 15 is 0 Å². The zero-order chi connectivity index (χ0) is 24.7. The van der Waals surface area contributed by atoms with Gasteiger partial charge in [-0.1, -0.05) is 39.0 Å². The molecule has 2 heterocycles. The highest BCUT2D eigenvalue weighted by atomic mass is 32.2. The average molecular weight is 481 g/mol. The highest BCUT2D eigenvalue weighted by Crippen LogP contribution is 2.32. The molecule has 1 aliphatic heterocycles. The molecule has 180 valence electrons. The van der Waals surface area contributed by atoms with Crippen molar-refractivity contribution in [1.29, 1.82) is 0 Å². The van der Waals surface area contributed by atoms with E-state index in [0.29, 0.717) is 18.2 Å². The summed E-state index contributed by atoms with van der Waals surface area (Å²) in [5.41, 5.74) is 5.59. The Bertz CT molecular complexity index is 1330. The Morgan fingerprint density at radius 3 is 2.50 bits per heavy atom. The normalized spacial score (nSPS) is 17.4. The lowest BCUT2D eigenvalue weighted by atomic mass is 9.88.